The largest absolute Gasteiger partial charge is 0.478 e. The molecule has 10 heavy (non-hydrogen) atoms. The number of thiol groups is 1. The Morgan fingerprint density at radius 3 is 2.90 bits per heavy atom. The average Bonchev–Trinajstić information content (AvgIpc) is 2.33. The molecule has 0 unspecified atom stereocenters. The maximum atomic E-state index is 10.4. The highest BCUT2D eigenvalue weighted by Crippen LogP contribution is 2.30. The lowest BCUT2D eigenvalue weighted by Crippen LogP contribution is -1.93. The van der Waals surface area contributed by atoms with E-state index in [4.69, 9.17) is 5.11 Å². The van der Waals surface area contributed by atoms with Gasteiger partial charge < -0.3 is 5.11 Å². The van der Waals surface area contributed by atoms with Crippen LogP contribution in [-0.4, -0.2) is 11.1 Å². The van der Waals surface area contributed by atoms with Gasteiger partial charge in [-0.15, -0.1) is 23.0 Å². The quantitative estimate of drug-likeness (QED) is 0.558. The molecule has 0 radical (unpaired) electrons. The molecule has 0 saturated heterocycles. The second-order valence-corrected chi connectivity index (χ2v) is 3.83. The first-order valence-electron chi connectivity index (χ1n) is 2.38. The molecule has 1 N–H and O–H groups in total. The fourth-order valence-electron chi connectivity index (χ4n) is 0.525. The minimum absolute atomic E-state index is 0.338. The van der Waals surface area contributed by atoms with Crippen LogP contribution in [0.5, 0.6) is 0 Å². The predicted molar refractivity (Wildman–Crippen MR) is 46.1 cm³/mol. The molecule has 0 saturated carbocycles. The molecule has 1 aromatic rings. The van der Waals surface area contributed by atoms with Crippen molar-refractivity contribution in [2.45, 2.75) is 4.21 Å². The zero-order valence-electron chi connectivity index (χ0n) is 4.77. The molecule has 5 heteroatoms. The maximum Gasteiger partial charge on any atom is 0.337 e. The van der Waals surface area contributed by atoms with Gasteiger partial charge in [-0.2, -0.15) is 0 Å². The number of carbonyl (C=O) groups is 1. The first-order chi connectivity index (χ1) is 4.75. The molecule has 54 valence electrons. The molecule has 0 aliphatic rings. The Balaban J connectivity index is 3.01. The van der Waals surface area contributed by atoms with Gasteiger partial charge in [0, 0.05) is 0 Å². The van der Waals surface area contributed by atoms with Gasteiger partial charge in [-0.05, 0) is 22.2 Å². The van der Waals surface area contributed by atoms with Crippen LogP contribution in [-0.2, 0) is 0 Å². The van der Waals surface area contributed by atoms with Crippen LogP contribution in [0.4, 0.5) is 0 Å². The Bertz CT molecular complexity index is 243. The Hall–Kier alpha value is -0.130. The van der Waals surface area contributed by atoms with Crippen molar-refractivity contribution in [3.63, 3.8) is 0 Å². The van der Waals surface area contributed by atoms with E-state index in [2.05, 4.69) is 11.7 Å². The average molecular weight is 192 g/mol. The summed E-state index contributed by atoms with van der Waals surface area (Å²) in [6.07, 6.45) is 0. The summed E-state index contributed by atoms with van der Waals surface area (Å²) in [6, 6.07) is 1.57. The topological polar surface area (TPSA) is 37.3 Å². The molecule has 0 aliphatic carbocycles. The lowest BCUT2D eigenvalue weighted by Gasteiger charge is -1.90. The lowest BCUT2D eigenvalue weighted by molar-refractivity contribution is 0.0694. The molecule has 1 aromatic heterocycles. The van der Waals surface area contributed by atoms with Crippen molar-refractivity contribution in [1.82, 2.24) is 0 Å². The summed E-state index contributed by atoms with van der Waals surface area (Å²) in [5.41, 5.74) is 0.338. The first-order valence-corrected chi connectivity index (χ1v) is 5.12. The number of thiophene rings is 1. The number of hydrogen-bond donors (Lipinski definition) is 2. The number of carboxylic acid groups (broad SMARTS) is 1. The second kappa shape index (κ2) is 3.32. The summed E-state index contributed by atoms with van der Waals surface area (Å²) in [7, 11) is 1.16. The molecule has 1 rings (SSSR count). The number of rotatable bonds is 2. The summed E-state index contributed by atoms with van der Waals surface area (Å²) >= 11 is 5.29. The summed E-state index contributed by atoms with van der Waals surface area (Å²) in [6.45, 7) is 0. The van der Waals surface area contributed by atoms with Gasteiger partial charge in [0.05, 0.1) is 9.77 Å². The van der Waals surface area contributed by atoms with Crippen molar-refractivity contribution in [2.24, 2.45) is 0 Å². The minimum atomic E-state index is -0.891. The van der Waals surface area contributed by atoms with E-state index in [1.165, 1.54) is 11.3 Å². The molecule has 0 amide bonds. The Morgan fingerprint density at radius 2 is 2.50 bits per heavy atom. The molecule has 0 bridgehead atoms. The molecule has 1 heterocycles. The van der Waals surface area contributed by atoms with Gasteiger partial charge in [-0.1, -0.05) is 0 Å². The molecular formula is C5H4O2S3. The predicted octanol–water partition coefficient (Wildman–Crippen LogP) is 2.38. The van der Waals surface area contributed by atoms with Crippen molar-refractivity contribution in [3.05, 3.63) is 17.0 Å². The van der Waals surface area contributed by atoms with Crippen LogP contribution in [0.2, 0.25) is 0 Å². The summed E-state index contributed by atoms with van der Waals surface area (Å²) in [5, 5.41) is 10.3. The highest BCUT2D eigenvalue weighted by molar-refractivity contribution is 8.69. The van der Waals surface area contributed by atoms with Crippen molar-refractivity contribution >= 4 is 39.8 Å². The summed E-state index contributed by atoms with van der Waals surface area (Å²) < 4.78 is 0.732. The monoisotopic (exact) mass is 192 g/mol. The van der Waals surface area contributed by atoms with Gasteiger partial charge in [0.1, 0.15) is 0 Å². The highest BCUT2D eigenvalue weighted by Gasteiger charge is 2.09. The van der Waals surface area contributed by atoms with Gasteiger partial charge in [0.15, 0.2) is 0 Å². The van der Waals surface area contributed by atoms with E-state index in [0.29, 0.717) is 5.56 Å². The highest BCUT2D eigenvalue weighted by atomic mass is 33.1. The summed E-state index contributed by atoms with van der Waals surface area (Å²) in [5.74, 6) is -0.891. The molecule has 2 nitrogen and oxygen atoms in total. The number of aromatic carboxylic acids is 1. The van der Waals surface area contributed by atoms with E-state index in [1.807, 2.05) is 0 Å². The van der Waals surface area contributed by atoms with E-state index in [-0.39, 0.29) is 0 Å². The van der Waals surface area contributed by atoms with Crippen LogP contribution in [0.1, 0.15) is 10.4 Å². The fourth-order valence-corrected chi connectivity index (χ4v) is 2.41. The number of hydrogen-bond acceptors (Lipinski definition) is 4. The Morgan fingerprint density at radius 1 is 1.80 bits per heavy atom. The van der Waals surface area contributed by atoms with E-state index in [1.54, 1.807) is 11.4 Å². The first kappa shape index (κ1) is 7.97. The van der Waals surface area contributed by atoms with Gasteiger partial charge in [0.2, 0.25) is 0 Å². The van der Waals surface area contributed by atoms with Gasteiger partial charge in [-0.3, -0.25) is 0 Å². The van der Waals surface area contributed by atoms with Crippen molar-refractivity contribution < 1.29 is 9.90 Å². The fraction of sp³-hybridized carbons (Fsp3) is 0. The standard InChI is InChI=1S/C5H4O2S3/c6-4(7)3-1-2-9-5(3)10-8/h1-2,8H,(H,6,7). The zero-order valence-corrected chi connectivity index (χ0v) is 7.30. The van der Waals surface area contributed by atoms with Crippen molar-refractivity contribution in [3.8, 4) is 0 Å². The Labute approximate surface area is 71.1 Å². The van der Waals surface area contributed by atoms with E-state index in [0.717, 1.165) is 15.0 Å². The van der Waals surface area contributed by atoms with Crippen LogP contribution in [0, 0.1) is 0 Å². The molecule has 0 aromatic carbocycles. The normalized spacial score (nSPS) is 9.70. The van der Waals surface area contributed by atoms with Gasteiger partial charge in [0.25, 0.3) is 0 Å². The third kappa shape index (κ3) is 1.47. The maximum absolute atomic E-state index is 10.4. The van der Waals surface area contributed by atoms with Crippen molar-refractivity contribution in [2.75, 3.05) is 0 Å². The molecule has 0 atom stereocenters. The van der Waals surface area contributed by atoms with E-state index < -0.39 is 5.97 Å². The summed E-state index contributed by atoms with van der Waals surface area (Å²) in [4.78, 5) is 10.4. The van der Waals surface area contributed by atoms with E-state index >= 15 is 0 Å². The number of carboxylic acids is 1. The van der Waals surface area contributed by atoms with Crippen LogP contribution >= 0.6 is 33.8 Å². The smallest absolute Gasteiger partial charge is 0.337 e. The minimum Gasteiger partial charge on any atom is -0.478 e. The molecule has 0 fully saturated rings. The van der Waals surface area contributed by atoms with Crippen LogP contribution in [0.25, 0.3) is 0 Å². The van der Waals surface area contributed by atoms with Gasteiger partial charge in [-0.25, -0.2) is 4.79 Å². The molecule has 0 aliphatic heterocycles. The lowest BCUT2D eigenvalue weighted by atomic mass is 10.4. The third-order valence-corrected chi connectivity index (χ3v) is 3.49. The van der Waals surface area contributed by atoms with Crippen LogP contribution in [0.3, 0.4) is 0 Å². The third-order valence-electron chi connectivity index (χ3n) is 0.943. The second-order valence-electron chi connectivity index (χ2n) is 1.52. The van der Waals surface area contributed by atoms with Crippen LogP contribution in [0.15, 0.2) is 15.7 Å². The SMILES string of the molecule is O=C(O)c1ccsc1SS. The molecule has 0 spiro atoms. The van der Waals surface area contributed by atoms with Crippen LogP contribution < -0.4 is 0 Å². The Kier molecular flexibility index (Phi) is 2.64. The zero-order chi connectivity index (χ0) is 7.56. The van der Waals surface area contributed by atoms with Crippen molar-refractivity contribution in [1.29, 1.82) is 0 Å². The van der Waals surface area contributed by atoms with E-state index in [9.17, 15) is 4.79 Å². The van der Waals surface area contributed by atoms with Gasteiger partial charge >= 0.3 is 5.97 Å². The molecular weight excluding hydrogens is 188 g/mol.